The summed E-state index contributed by atoms with van der Waals surface area (Å²) in [5.41, 5.74) is 0.833. The van der Waals surface area contributed by atoms with Crippen molar-refractivity contribution in [3.8, 4) is 0 Å². The first-order chi connectivity index (χ1) is 14.8. The normalized spacial score (nSPS) is 17.8. The summed E-state index contributed by atoms with van der Waals surface area (Å²) in [6, 6.07) is 5.95. The smallest absolute Gasteiger partial charge is 0.270 e. The van der Waals surface area contributed by atoms with Gasteiger partial charge in [0.2, 0.25) is 10.0 Å². The molecule has 0 aliphatic carbocycles. The highest BCUT2D eigenvalue weighted by atomic mass is 32.2. The maximum Gasteiger partial charge on any atom is 0.270 e. The van der Waals surface area contributed by atoms with Crippen molar-refractivity contribution in [1.29, 1.82) is 0 Å². The predicted octanol–water partition coefficient (Wildman–Crippen LogP) is 1.97. The quantitative estimate of drug-likeness (QED) is 0.730. The summed E-state index contributed by atoms with van der Waals surface area (Å²) in [4.78, 5) is 31.6. The third kappa shape index (κ3) is 4.80. The van der Waals surface area contributed by atoms with Crippen LogP contribution >= 0.6 is 0 Å². The van der Waals surface area contributed by atoms with Gasteiger partial charge in [-0.3, -0.25) is 9.59 Å². The van der Waals surface area contributed by atoms with Crippen LogP contribution in [0.5, 0.6) is 0 Å². The van der Waals surface area contributed by atoms with Gasteiger partial charge in [0.15, 0.2) is 0 Å². The van der Waals surface area contributed by atoms with E-state index in [1.54, 1.807) is 22.1 Å². The van der Waals surface area contributed by atoms with E-state index in [0.29, 0.717) is 37.2 Å². The lowest BCUT2D eigenvalue weighted by atomic mass is 10.1. The van der Waals surface area contributed by atoms with Crippen LogP contribution in [0.25, 0.3) is 0 Å². The lowest BCUT2D eigenvalue weighted by Crippen LogP contribution is -2.46. The van der Waals surface area contributed by atoms with Crippen molar-refractivity contribution < 1.29 is 22.4 Å². The van der Waals surface area contributed by atoms with Gasteiger partial charge in [0, 0.05) is 38.4 Å². The second kappa shape index (κ2) is 8.80. The Morgan fingerprint density at radius 3 is 2.23 bits per heavy atom. The number of amides is 2. The molecule has 2 aliphatic rings. The van der Waals surface area contributed by atoms with Crippen molar-refractivity contribution >= 4 is 21.8 Å². The summed E-state index contributed by atoms with van der Waals surface area (Å²) in [5.74, 6) is -0.775. The number of rotatable bonds is 5. The molecule has 0 spiro atoms. The number of halogens is 1. The van der Waals surface area contributed by atoms with Crippen molar-refractivity contribution in [2.75, 3.05) is 26.2 Å². The number of nitrogens with zero attached hydrogens (tertiary/aromatic N) is 2. The van der Waals surface area contributed by atoms with Crippen molar-refractivity contribution in [2.45, 2.75) is 36.6 Å². The van der Waals surface area contributed by atoms with E-state index in [9.17, 15) is 22.4 Å². The van der Waals surface area contributed by atoms with E-state index in [4.69, 9.17) is 0 Å². The molecule has 8 nitrogen and oxygen atoms in total. The Morgan fingerprint density at radius 1 is 0.968 bits per heavy atom. The summed E-state index contributed by atoms with van der Waals surface area (Å²) < 4.78 is 40.6. The average Bonchev–Trinajstić information content (AvgIpc) is 3.46. The minimum Gasteiger partial charge on any atom is -0.356 e. The first-order valence-electron chi connectivity index (χ1n) is 10.4. The number of carbonyl (C=O) groups excluding carboxylic acids is 2. The minimum atomic E-state index is -3.75. The lowest BCUT2D eigenvalue weighted by molar-refractivity contribution is 0.0711. The van der Waals surface area contributed by atoms with Gasteiger partial charge < -0.3 is 14.8 Å². The number of sulfonamides is 1. The highest BCUT2D eigenvalue weighted by Gasteiger charge is 2.28. The number of nitrogens with one attached hydrogen (secondary N) is 2. The minimum absolute atomic E-state index is 0.00919. The van der Waals surface area contributed by atoms with Crippen LogP contribution in [0.3, 0.4) is 0 Å². The fraction of sp³-hybridized carbons (Fsp3) is 0.429. The molecule has 1 aromatic carbocycles. The molecule has 2 N–H and O–H groups in total. The van der Waals surface area contributed by atoms with Gasteiger partial charge in [-0.2, -0.15) is 0 Å². The summed E-state index contributed by atoms with van der Waals surface area (Å²) in [7, 11) is -3.75. The standard InChI is InChI=1S/C21H25FN4O4S/c22-16-3-5-18(6-4-16)31(29,30)24-17-7-11-26(12-8-17)20(27)15-13-19(23-14-15)21(28)25-9-1-2-10-25/h3-6,13-14,17,23-24H,1-2,7-12H2. The third-order valence-corrected chi connectivity index (χ3v) is 7.32. The maximum atomic E-state index is 13.0. The Labute approximate surface area is 180 Å². The Kier molecular flexibility index (Phi) is 6.10. The molecule has 0 saturated carbocycles. The Balaban J connectivity index is 1.33. The molecule has 2 saturated heterocycles. The first kappa shape index (κ1) is 21.5. The fourth-order valence-corrected chi connectivity index (χ4v) is 5.32. The highest BCUT2D eigenvalue weighted by molar-refractivity contribution is 7.89. The number of H-pyrrole nitrogens is 1. The SMILES string of the molecule is O=C(c1c[nH]c(C(=O)N2CCCC2)c1)N1CCC(NS(=O)(=O)c2ccc(F)cc2)CC1. The van der Waals surface area contributed by atoms with E-state index < -0.39 is 15.8 Å². The summed E-state index contributed by atoms with van der Waals surface area (Å²) in [6.07, 6.45) is 4.48. The fourth-order valence-electron chi connectivity index (χ4n) is 4.02. The summed E-state index contributed by atoms with van der Waals surface area (Å²) in [6.45, 7) is 2.27. The molecule has 2 amide bonds. The number of hydrogen-bond donors (Lipinski definition) is 2. The monoisotopic (exact) mass is 448 g/mol. The van der Waals surface area contributed by atoms with E-state index in [-0.39, 0.29) is 22.8 Å². The maximum absolute atomic E-state index is 13.0. The van der Waals surface area contributed by atoms with Crippen LogP contribution in [-0.4, -0.2) is 67.2 Å². The molecule has 0 atom stereocenters. The van der Waals surface area contributed by atoms with E-state index in [1.807, 2.05) is 0 Å². The molecule has 31 heavy (non-hydrogen) atoms. The van der Waals surface area contributed by atoms with Crippen LogP contribution in [0.2, 0.25) is 0 Å². The van der Waals surface area contributed by atoms with Crippen molar-refractivity contribution in [1.82, 2.24) is 19.5 Å². The molecule has 0 radical (unpaired) electrons. The molecule has 2 aromatic rings. The molecular formula is C21H25FN4O4S. The molecule has 0 bridgehead atoms. The van der Waals surface area contributed by atoms with Gasteiger partial charge in [-0.15, -0.1) is 0 Å². The van der Waals surface area contributed by atoms with Gasteiger partial charge in [-0.1, -0.05) is 0 Å². The first-order valence-corrected chi connectivity index (χ1v) is 11.9. The second-order valence-corrected chi connectivity index (χ2v) is 9.66. The molecular weight excluding hydrogens is 423 g/mol. The number of carbonyl (C=O) groups is 2. The molecule has 166 valence electrons. The summed E-state index contributed by atoms with van der Waals surface area (Å²) >= 11 is 0. The largest absolute Gasteiger partial charge is 0.356 e. The second-order valence-electron chi connectivity index (χ2n) is 7.94. The molecule has 1 aromatic heterocycles. The van der Waals surface area contributed by atoms with Crippen LogP contribution < -0.4 is 4.72 Å². The van der Waals surface area contributed by atoms with E-state index in [0.717, 1.165) is 38.1 Å². The highest BCUT2D eigenvalue weighted by Crippen LogP contribution is 2.19. The van der Waals surface area contributed by atoms with Crippen LogP contribution in [-0.2, 0) is 10.0 Å². The third-order valence-electron chi connectivity index (χ3n) is 5.78. The molecule has 2 fully saturated rings. The van der Waals surface area contributed by atoms with E-state index >= 15 is 0 Å². The van der Waals surface area contributed by atoms with Crippen LogP contribution in [0.15, 0.2) is 41.4 Å². The zero-order chi connectivity index (χ0) is 22.0. The molecule has 4 rings (SSSR count). The molecule has 0 unspecified atom stereocenters. The van der Waals surface area contributed by atoms with Gasteiger partial charge in [0.25, 0.3) is 11.8 Å². The van der Waals surface area contributed by atoms with Gasteiger partial charge >= 0.3 is 0 Å². The lowest BCUT2D eigenvalue weighted by Gasteiger charge is -2.32. The van der Waals surface area contributed by atoms with Gasteiger partial charge in [0.05, 0.1) is 10.5 Å². The number of hydrogen-bond acceptors (Lipinski definition) is 4. The van der Waals surface area contributed by atoms with E-state index in [1.165, 1.54) is 12.1 Å². The Hall–Kier alpha value is -2.72. The van der Waals surface area contributed by atoms with Gasteiger partial charge in [-0.05, 0) is 56.0 Å². The number of piperidine rings is 1. The predicted molar refractivity (Wildman–Crippen MR) is 112 cm³/mol. The van der Waals surface area contributed by atoms with E-state index in [2.05, 4.69) is 9.71 Å². The van der Waals surface area contributed by atoms with Crippen LogP contribution in [0.1, 0.15) is 46.5 Å². The zero-order valence-corrected chi connectivity index (χ0v) is 17.8. The number of aromatic amines is 1. The van der Waals surface area contributed by atoms with Crippen molar-refractivity contribution in [3.05, 3.63) is 53.6 Å². The summed E-state index contributed by atoms with van der Waals surface area (Å²) in [5, 5.41) is 0. The Bertz CT molecular complexity index is 1050. The van der Waals surface area contributed by atoms with Gasteiger partial charge in [0.1, 0.15) is 11.5 Å². The van der Waals surface area contributed by atoms with Crippen molar-refractivity contribution in [3.63, 3.8) is 0 Å². The van der Waals surface area contributed by atoms with Gasteiger partial charge in [-0.25, -0.2) is 17.5 Å². The molecule has 10 heteroatoms. The topological polar surface area (TPSA) is 103 Å². The zero-order valence-electron chi connectivity index (χ0n) is 17.0. The molecule has 3 heterocycles. The van der Waals surface area contributed by atoms with Crippen molar-refractivity contribution in [2.24, 2.45) is 0 Å². The average molecular weight is 449 g/mol. The Morgan fingerprint density at radius 2 is 1.58 bits per heavy atom. The number of benzene rings is 1. The number of likely N-dealkylation sites (tertiary alicyclic amines) is 2. The number of aromatic nitrogens is 1. The van der Waals surface area contributed by atoms with Crippen LogP contribution in [0.4, 0.5) is 4.39 Å². The molecule has 2 aliphatic heterocycles. The van der Waals surface area contributed by atoms with Crippen LogP contribution in [0, 0.1) is 5.82 Å².